The van der Waals surface area contributed by atoms with Crippen LogP contribution in [0.15, 0.2) is 29.3 Å². The molecule has 1 fully saturated rings. The molecule has 0 radical (unpaired) electrons. The molecule has 1 saturated heterocycles. The molecule has 0 bridgehead atoms. The fraction of sp³-hybridized carbons (Fsp3) is 0.600. The van der Waals surface area contributed by atoms with E-state index in [1.807, 2.05) is 38.1 Å². The number of aliphatic imine (C=N–C) groups is 1. The van der Waals surface area contributed by atoms with Crippen molar-refractivity contribution in [2.45, 2.75) is 52.2 Å². The first kappa shape index (κ1) is 20.9. The number of aryl methyl sites for hydroxylation is 1. The van der Waals surface area contributed by atoms with Gasteiger partial charge in [-0.2, -0.15) is 0 Å². The number of carbonyl (C=O) groups excluding carboxylic acids is 1. The summed E-state index contributed by atoms with van der Waals surface area (Å²) in [5.41, 5.74) is 7.16. The van der Waals surface area contributed by atoms with Gasteiger partial charge in [0.05, 0.1) is 13.2 Å². The number of guanidine groups is 1. The molecule has 0 saturated carbocycles. The van der Waals surface area contributed by atoms with Crippen molar-refractivity contribution in [2.75, 3.05) is 26.2 Å². The van der Waals surface area contributed by atoms with Crippen LogP contribution >= 0.6 is 0 Å². The Kier molecular flexibility index (Phi) is 8.23. The quantitative estimate of drug-likeness (QED) is 0.564. The van der Waals surface area contributed by atoms with Gasteiger partial charge in [-0.15, -0.1) is 0 Å². The van der Waals surface area contributed by atoms with Crippen LogP contribution in [0.4, 0.5) is 4.79 Å². The van der Waals surface area contributed by atoms with Crippen molar-refractivity contribution in [3.05, 3.63) is 29.8 Å². The summed E-state index contributed by atoms with van der Waals surface area (Å²) in [7, 11) is 0. The number of nitrogens with two attached hydrogens (primary N) is 1. The number of amides is 1. The fourth-order valence-corrected chi connectivity index (χ4v) is 2.99. The first-order valence-electron chi connectivity index (χ1n) is 9.73. The highest BCUT2D eigenvalue weighted by Gasteiger charge is 2.23. The monoisotopic (exact) mass is 376 g/mol. The molecule has 7 nitrogen and oxygen atoms in total. The maximum absolute atomic E-state index is 11.7. The summed E-state index contributed by atoms with van der Waals surface area (Å²) in [4.78, 5) is 17.9. The van der Waals surface area contributed by atoms with Crippen molar-refractivity contribution in [1.82, 2.24) is 10.2 Å². The van der Waals surface area contributed by atoms with Crippen LogP contribution < -0.4 is 15.8 Å². The van der Waals surface area contributed by atoms with Crippen molar-refractivity contribution in [2.24, 2.45) is 10.7 Å². The molecule has 7 heteroatoms. The van der Waals surface area contributed by atoms with Crippen molar-refractivity contribution in [3.63, 3.8) is 0 Å². The highest BCUT2D eigenvalue weighted by atomic mass is 16.6. The van der Waals surface area contributed by atoms with Gasteiger partial charge in [0.1, 0.15) is 11.9 Å². The minimum Gasteiger partial charge on any atom is -0.488 e. The van der Waals surface area contributed by atoms with E-state index < -0.39 is 0 Å². The number of rotatable bonds is 7. The summed E-state index contributed by atoms with van der Waals surface area (Å²) in [5.74, 6) is 1.31. The lowest BCUT2D eigenvalue weighted by molar-refractivity contribution is 0.0963. The van der Waals surface area contributed by atoms with Gasteiger partial charge in [-0.25, -0.2) is 9.79 Å². The standard InChI is InChI=1S/C20H32N4O3/c1-4-17(27-18-9-7-6-8-15(18)3)14-22-19(21)23-16-10-12-24(13-11-16)20(25)26-5-2/h6-9,16-17H,4-5,10-14H2,1-3H3,(H3,21,22,23). The van der Waals surface area contributed by atoms with Gasteiger partial charge in [-0.05, 0) is 44.7 Å². The molecule has 0 spiro atoms. The molecule has 1 aromatic rings. The van der Waals surface area contributed by atoms with E-state index >= 15 is 0 Å². The second kappa shape index (κ2) is 10.6. The molecule has 1 heterocycles. The molecule has 1 aliphatic heterocycles. The van der Waals surface area contributed by atoms with Crippen molar-refractivity contribution < 1.29 is 14.3 Å². The molecule has 1 aromatic carbocycles. The Bertz CT molecular complexity index is 627. The van der Waals surface area contributed by atoms with E-state index in [-0.39, 0.29) is 18.2 Å². The number of benzene rings is 1. The Hall–Kier alpha value is -2.44. The lowest BCUT2D eigenvalue weighted by atomic mass is 10.1. The molecular formula is C20H32N4O3. The summed E-state index contributed by atoms with van der Waals surface area (Å²) in [6, 6.07) is 8.19. The predicted octanol–water partition coefficient (Wildman–Crippen LogP) is 2.68. The van der Waals surface area contributed by atoms with Gasteiger partial charge in [0.25, 0.3) is 0 Å². The minimum absolute atomic E-state index is 0.0166. The van der Waals surface area contributed by atoms with Crippen LogP contribution in [-0.2, 0) is 4.74 Å². The molecule has 1 aliphatic rings. The number of nitrogens with zero attached hydrogens (tertiary/aromatic N) is 2. The van der Waals surface area contributed by atoms with Crippen molar-refractivity contribution in [3.8, 4) is 5.75 Å². The average Bonchev–Trinajstić information content (AvgIpc) is 2.67. The second-order valence-corrected chi connectivity index (χ2v) is 6.74. The first-order chi connectivity index (χ1) is 13.0. The normalized spacial score (nSPS) is 16.7. The molecule has 1 atom stereocenters. The van der Waals surface area contributed by atoms with E-state index in [0.29, 0.717) is 32.2 Å². The zero-order valence-corrected chi connectivity index (χ0v) is 16.6. The lowest BCUT2D eigenvalue weighted by Gasteiger charge is -2.31. The summed E-state index contributed by atoms with van der Waals surface area (Å²) < 4.78 is 11.1. The van der Waals surface area contributed by atoms with Gasteiger partial charge in [-0.1, -0.05) is 25.1 Å². The third-order valence-corrected chi connectivity index (χ3v) is 4.68. The molecule has 2 rings (SSSR count). The molecular weight excluding hydrogens is 344 g/mol. The highest BCUT2D eigenvalue weighted by Crippen LogP contribution is 2.19. The number of ether oxygens (including phenoxy) is 2. The van der Waals surface area contributed by atoms with Gasteiger partial charge < -0.3 is 25.4 Å². The van der Waals surface area contributed by atoms with Crippen LogP contribution in [0.25, 0.3) is 0 Å². The van der Waals surface area contributed by atoms with E-state index in [1.54, 1.807) is 4.90 Å². The number of nitrogens with one attached hydrogen (secondary N) is 1. The zero-order valence-electron chi connectivity index (χ0n) is 16.6. The number of para-hydroxylation sites is 1. The highest BCUT2D eigenvalue weighted by molar-refractivity contribution is 5.78. The van der Waals surface area contributed by atoms with Crippen LogP contribution in [0.2, 0.25) is 0 Å². The third-order valence-electron chi connectivity index (χ3n) is 4.68. The van der Waals surface area contributed by atoms with Crippen LogP contribution in [0.3, 0.4) is 0 Å². The number of hydrogen-bond acceptors (Lipinski definition) is 4. The molecule has 0 aromatic heterocycles. The average molecular weight is 377 g/mol. The number of hydrogen-bond donors (Lipinski definition) is 2. The van der Waals surface area contributed by atoms with E-state index in [4.69, 9.17) is 15.2 Å². The number of likely N-dealkylation sites (tertiary alicyclic amines) is 1. The van der Waals surface area contributed by atoms with E-state index in [9.17, 15) is 4.79 Å². The van der Waals surface area contributed by atoms with Gasteiger partial charge in [0.15, 0.2) is 5.96 Å². The molecule has 1 unspecified atom stereocenters. The largest absolute Gasteiger partial charge is 0.488 e. The lowest BCUT2D eigenvalue weighted by Crippen LogP contribution is -2.48. The Morgan fingerprint density at radius 3 is 2.67 bits per heavy atom. The van der Waals surface area contributed by atoms with Crippen LogP contribution in [-0.4, -0.2) is 55.3 Å². The van der Waals surface area contributed by atoms with E-state index in [1.165, 1.54) is 0 Å². The maximum Gasteiger partial charge on any atom is 0.409 e. The molecule has 27 heavy (non-hydrogen) atoms. The van der Waals surface area contributed by atoms with Crippen LogP contribution in [0.1, 0.15) is 38.7 Å². The van der Waals surface area contributed by atoms with Crippen molar-refractivity contribution in [1.29, 1.82) is 0 Å². The van der Waals surface area contributed by atoms with Crippen LogP contribution in [0.5, 0.6) is 5.75 Å². The van der Waals surface area contributed by atoms with Crippen LogP contribution in [0, 0.1) is 6.92 Å². The summed E-state index contributed by atoms with van der Waals surface area (Å²) in [6.45, 7) is 8.16. The molecule has 3 N–H and O–H groups in total. The maximum atomic E-state index is 11.7. The van der Waals surface area contributed by atoms with Gasteiger partial charge in [-0.3, -0.25) is 0 Å². The second-order valence-electron chi connectivity index (χ2n) is 6.74. The van der Waals surface area contributed by atoms with E-state index in [2.05, 4.69) is 17.2 Å². The minimum atomic E-state index is -0.239. The first-order valence-corrected chi connectivity index (χ1v) is 9.73. The van der Waals surface area contributed by atoms with Gasteiger partial charge in [0.2, 0.25) is 0 Å². The molecule has 0 aliphatic carbocycles. The molecule has 1 amide bonds. The fourth-order valence-electron chi connectivity index (χ4n) is 2.99. The Morgan fingerprint density at radius 2 is 2.04 bits per heavy atom. The smallest absolute Gasteiger partial charge is 0.409 e. The van der Waals surface area contributed by atoms with E-state index in [0.717, 1.165) is 30.6 Å². The Morgan fingerprint density at radius 1 is 1.33 bits per heavy atom. The van der Waals surface area contributed by atoms with Crippen molar-refractivity contribution >= 4 is 12.1 Å². The third kappa shape index (κ3) is 6.66. The number of carbonyl (C=O) groups is 1. The summed E-state index contributed by atoms with van der Waals surface area (Å²) in [6.07, 6.45) is 2.25. The summed E-state index contributed by atoms with van der Waals surface area (Å²) in [5, 5.41) is 3.26. The summed E-state index contributed by atoms with van der Waals surface area (Å²) >= 11 is 0. The Labute approximate surface area is 161 Å². The Balaban J connectivity index is 1.78. The van der Waals surface area contributed by atoms with Gasteiger partial charge >= 0.3 is 6.09 Å². The zero-order chi connectivity index (χ0) is 19.6. The topological polar surface area (TPSA) is 89.2 Å². The van der Waals surface area contributed by atoms with Gasteiger partial charge in [0, 0.05) is 19.1 Å². The number of piperidine rings is 1. The SMILES string of the molecule is CCOC(=O)N1CCC(NC(N)=NCC(CC)Oc2ccccc2C)CC1. The predicted molar refractivity (Wildman–Crippen MR) is 107 cm³/mol. The molecule has 150 valence electrons.